The van der Waals surface area contributed by atoms with Gasteiger partial charge in [-0.05, 0) is 104 Å². The van der Waals surface area contributed by atoms with E-state index in [1.807, 2.05) is 24.0 Å². The molecule has 7 nitrogen and oxygen atoms in total. The highest BCUT2D eigenvalue weighted by atomic mass is 19.1. The van der Waals surface area contributed by atoms with Crippen LogP contribution in [0.4, 0.5) is 16.2 Å². The van der Waals surface area contributed by atoms with E-state index in [0.717, 1.165) is 98.3 Å². The summed E-state index contributed by atoms with van der Waals surface area (Å²) < 4.78 is 18.7. The molecule has 1 N–H and O–H groups in total. The Labute approximate surface area is 327 Å². The number of nitrogens with zero attached hydrogens (tertiary/aromatic N) is 4. The topological polar surface area (TPSA) is 70.6 Å². The van der Waals surface area contributed by atoms with Gasteiger partial charge in [-0.1, -0.05) is 93.4 Å². The lowest BCUT2D eigenvalue weighted by Gasteiger charge is -2.32. The van der Waals surface area contributed by atoms with E-state index in [-0.39, 0.29) is 11.7 Å². The molecule has 1 aromatic heterocycles. The Hall–Kier alpha value is -4.98. The van der Waals surface area contributed by atoms with Crippen LogP contribution in [0.5, 0.6) is 5.75 Å². The molecule has 2 fully saturated rings. The highest BCUT2D eigenvalue weighted by Crippen LogP contribution is 2.32. The Morgan fingerprint density at radius 1 is 0.873 bits per heavy atom. The molecule has 5 aromatic rings. The molecule has 0 radical (unpaired) electrons. The lowest BCUT2D eigenvalue weighted by atomic mass is 9.87. The quantitative estimate of drug-likeness (QED) is 0.128. The summed E-state index contributed by atoms with van der Waals surface area (Å²) in [6.07, 6.45) is 9.21. The fraction of sp³-hybridized carbons (Fsp3) is 0.426. The van der Waals surface area contributed by atoms with Gasteiger partial charge in [0, 0.05) is 49.6 Å². The maximum absolute atomic E-state index is 13.2. The Balaban J connectivity index is 0.000000252. The van der Waals surface area contributed by atoms with Gasteiger partial charge in [0.15, 0.2) is 0 Å². The molecular weight excluding hydrogens is 686 g/mol. The number of hydrogen-bond acceptors (Lipinski definition) is 6. The molecule has 7 rings (SSSR count). The molecule has 8 heteroatoms. The molecule has 2 saturated heterocycles. The molecule has 1 amide bonds. The third kappa shape index (κ3) is 10.6. The Morgan fingerprint density at radius 3 is 2.18 bits per heavy atom. The van der Waals surface area contributed by atoms with Gasteiger partial charge in [-0.2, -0.15) is 4.98 Å². The van der Waals surface area contributed by atoms with Gasteiger partial charge in [0.1, 0.15) is 17.4 Å². The minimum atomic E-state index is -0.343. The van der Waals surface area contributed by atoms with Gasteiger partial charge in [-0.15, -0.1) is 0 Å². The van der Waals surface area contributed by atoms with Crippen molar-refractivity contribution in [3.63, 3.8) is 0 Å². The molecule has 0 bridgehead atoms. The lowest BCUT2D eigenvalue weighted by molar-refractivity contribution is 0.0696. The van der Waals surface area contributed by atoms with E-state index in [4.69, 9.17) is 14.7 Å². The maximum atomic E-state index is 13.2. The number of aryl methyl sites for hydroxylation is 1. The summed E-state index contributed by atoms with van der Waals surface area (Å²) in [7, 11) is 1.71. The predicted octanol–water partition coefficient (Wildman–Crippen LogP) is 10.7. The minimum Gasteiger partial charge on any atom is -0.497 e. The SMILES string of the molecule is CCCC1CCN(c2nc(NCCCC(c3ccccc3)c3ccccc3)c3cc(OC)ccc3n2)CC1.Cc1ccc(F)cc1C(=O)N1CCC(C)CC1. The summed E-state index contributed by atoms with van der Waals surface area (Å²) in [5, 5.41) is 4.68. The van der Waals surface area contributed by atoms with Crippen LogP contribution in [0.2, 0.25) is 0 Å². The van der Waals surface area contributed by atoms with E-state index in [9.17, 15) is 9.18 Å². The van der Waals surface area contributed by atoms with Gasteiger partial charge >= 0.3 is 0 Å². The Bertz CT molecular complexity index is 1920. The standard InChI is InChI=1S/C33H40N4O.C14H18FNO/c1-3-11-25-19-22-37(23-20-25)33-35-31-18-17-28(38-2)24-30(31)32(36-33)34-21-10-16-29(26-12-6-4-7-13-26)27-14-8-5-9-15-27;1-10-5-7-16(8-6-10)14(17)13-9-12(15)4-3-11(13)2/h4-9,12-15,17-18,24-25,29H,3,10-11,16,19-23H2,1-2H3,(H,34,35,36);3-4,9-10H,5-8H2,1-2H3. The zero-order valence-electron chi connectivity index (χ0n) is 33.1. The molecule has 0 atom stereocenters. The zero-order valence-corrected chi connectivity index (χ0v) is 33.1. The molecule has 2 aliphatic heterocycles. The van der Waals surface area contributed by atoms with E-state index in [2.05, 4.69) is 90.8 Å². The number of carbonyl (C=O) groups excluding carboxylic acids is 1. The van der Waals surface area contributed by atoms with E-state index >= 15 is 0 Å². The number of rotatable bonds is 12. The third-order valence-electron chi connectivity index (χ3n) is 11.4. The van der Waals surface area contributed by atoms with Crippen molar-refractivity contribution in [2.24, 2.45) is 11.8 Å². The van der Waals surface area contributed by atoms with Crippen molar-refractivity contribution in [3.05, 3.63) is 125 Å². The van der Waals surface area contributed by atoms with Crippen molar-refractivity contribution in [1.82, 2.24) is 14.9 Å². The van der Waals surface area contributed by atoms with Gasteiger partial charge < -0.3 is 19.9 Å². The molecule has 55 heavy (non-hydrogen) atoms. The third-order valence-corrected chi connectivity index (χ3v) is 11.4. The molecule has 4 aromatic carbocycles. The number of carbonyl (C=O) groups is 1. The van der Waals surface area contributed by atoms with Crippen LogP contribution in [-0.2, 0) is 0 Å². The number of nitrogens with one attached hydrogen (secondary N) is 1. The number of halogens is 1. The first kappa shape index (κ1) is 39.7. The second-order valence-electron chi connectivity index (χ2n) is 15.4. The molecule has 0 aliphatic carbocycles. The van der Waals surface area contributed by atoms with E-state index in [1.165, 1.54) is 48.9 Å². The lowest BCUT2D eigenvalue weighted by Crippen LogP contribution is -2.38. The highest BCUT2D eigenvalue weighted by Gasteiger charge is 2.24. The fourth-order valence-corrected chi connectivity index (χ4v) is 7.94. The summed E-state index contributed by atoms with van der Waals surface area (Å²) in [6, 6.07) is 32.2. The first-order chi connectivity index (χ1) is 26.8. The van der Waals surface area contributed by atoms with Crippen molar-refractivity contribution in [2.75, 3.05) is 50.1 Å². The first-order valence-electron chi connectivity index (χ1n) is 20.3. The van der Waals surface area contributed by atoms with Crippen LogP contribution in [0, 0.1) is 24.6 Å². The summed E-state index contributed by atoms with van der Waals surface area (Å²) in [6.45, 7) is 10.8. The number of hydrogen-bond donors (Lipinski definition) is 1. The normalized spacial score (nSPS) is 15.2. The van der Waals surface area contributed by atoms with E-state index in [1.54, 1.807) is 13.2 Å². The number of aromatic nitrogens is 2. The average Bonchev–Trinajstić information content (AvgIpc) is 3.22. The van der Waals surface area contributed by atoms with Crippen molar-refractivity contribution < 1.29 is 13.9 Å². The summed E-state index contributed by atoms with van der Waals surface area (Å²) in [5.41, 5.74) is 5.03. The summed E-state index contributed by atoms with van der Waals surface area (Å²) in [4.78, 5) is 26.4. The summed E-state index contributed by atoms with van der Waals surface area (Å²) >= 11 is 0. The smallest absolute Gasteiger partial charge is 0.254 e. The van der Waals surface area contributed by atoms with Crippen LogP contribution in [0.15, 0.2) is 97.1 Å². The van der Waals surface area contributed by atoms with E-state index in [0.29, 0.717) is 17.4 Å². The molecule has 0 unspecified atom stereocenters. The highest BCUT2D eigenvalue weighted by molar-refractivity contribution is 5.95. The maximum Gasteiger partial charge on any atom is 0.254 e. The number of benzene rings is 4. The molecule has 290 valence electrons. The van der Waals surface area contributed by atoms with Crippen LogP contribution < -0.4 is 15.0 Å². The fourth-order valence-electron chi connectivity index (χ4n) is 7.94. The summed E-state index contributed by atoms with van der Waals surface area (Å²) in [5.74, 6) is 4.08. The van der Waals surface area contributed by atoms with Gasteiger partial charge in [-0.3, -0.25) is 4.79 Å². The van der Waals surface area contributed by atoms with Crippen molar-refractivity contribution in [2.45, 2.75) is 78.1 Å². The zero-order chi connectivity index (χ0) is 38.6. The molecule has 2 aliphatic rings. The van der Waals surface area contributed by atoms with Crippen molar-refractivity contribution >= 4 is 28.6 Å². The largest absolute Gasteiger partial charge is 0.497 e. The molecule has 0 spiro atoms. The average molecular weight is 744 g/mol. The van der Waals surface area contributed by atoms with Crippen molar-refractivity contribution in [3.8, 4) is 5.75 Å². The van der Waals surface area contributed by atoms with Crippen LogP contribution in [0.1, 0.15) is 98.2 Å². The number of fused-ring (bicyclic) bond motifs is 1. The van der Waals surface area contributed by atoms with E-state index < -0.39 is 0 Å². The Kier molecular flexibility index (Phi) is 14.1. The van der Waals surface area contributed by atoms with Gasteiger partial charge in [0.2, 0.25) is 5.95 Å². The molecule has 0 saturated carbocycles. The number of methoxy groups -OCH3 is 1. The Morgan fingerprint density at radius 2 is 1.55 bits per heavy atom. The predicted molar refractivity (Wildman–Crippen MR) is 224 cm³/mol. The van der Waals surface area contributed by atoms with Gasteiger partial charge in [0.05, 0.1) is 12.6 Å². The van der Waals surface area contributed by atoms with Crippen LogP contribution in [0.3, 0.4) is 0 Å². The van der Waals surface area contributed by atoms with Crippen molar-refractivity contribution in [1.29, 1.82) is 0 Å². The number of likely N-dealkylation sites (tertiary alicyclic amines) is 1. The first-order valence-corrected chi connectivity index (χ1v) is 20.3. The number of anilines is 2. The van der Waals surface area contributed by atoms with Crippen LogP contribution >= 0.6 is 0 Å². The molecular formula is C47H58FN5O2. The second kappa shape index (κ2) is 19.6. The minimum absolute atomic E-state index is 0.0334. The number of piperidine rings is 2. The monoisotopic (exact) mass is 743 g/mol. The van der Waals surface area contributed by atoms with Crippen LogP contribution in [-0.4, -0.2) is 60.6 Å². The van der Waals surface area contributed by atoms with Gasteiger partial charge in [-0.25, -0.2) is 9.37 Å². The molecule has 3 heterocycles. The van der Waals surface area contributed by atoms with Crippen LogP contribution in [0.25, 0.3) is 10.9 Å². The van der Waals surface area contributed by atoms with Gasteiger partial charge in [0.25, 0.3) is 5.91 Å². The number of amides is 1. The second-order valence-corrected chi connectivity index (χ2v) is 15.4. The number of ether oxygens (including phenoxy) is 1.